The molecule has 0 bridgehead atoms. The number of nitrogens with zero attached hydrogens (tertiary/aromatic N) is 3. The summed E-state index contributed by atoms with van der Waals surface area (Å²) in [6, 6.07) is 45.4. The van der Waals surface area contributed by atoms with E-state index in [9.17, 15) is 0 Å². The van der Waals surface area contributed by atoms with Crippen LogP contribution in [-0.2, 0) is 24.3 Å². The van der Waals surface area contributed by atoms with E-state index in [-0.39, 0.29) is 41.1 Å². The van der Waals surface area contributed by atoms with Crippen LogP contribution >= 0.6 is 0 Å². The van der Waals surface area contributed by atoms with Gasteiger partial charge < -0.3 is 37.2 Å². The standard InChI is InChI=1S/C39H49N4.3ClH.Ti/c1-41-29-25-36(32-16-8-4-9-17-32)40-28-24-37(33-18-10-5-11-19-33)42(2)30-26-39(35-22-14-7-15-23-35)43(3)31-27-38(41)34-20-12-6-13-21-34;;;;/h4-23,36-38,40H,24-31H2,1-3H3;3*1H;/q;;;;+3/p-3. The molecule has 0 saturated carbocycles. The minimum Gasteiger partial charge on any atom is -1.00 e. The summed E-state index contributed by atoms with van der Waals surface area (Å²) >= 11 is 2.45. The molecule has 5 rings (SSSR count). The normalized spacial score (nSPS) is 24.2. The Bertz CT molecular complexity index is 1390. The minimum absolute atomic E-state index is 0. The average Bonchev–Trinajstić information content (AvgIpc) is 3.08. The van der Waals surface area contributed by atoms with Gasteiger partial charge in [-0.15, -0.1) is 0 Å². The first kappa shape index (κ1) is 41.5. The van der Waals surface area contributed by atoms with Crippen molar-refractivity contribution in [2.24, 2.45) is 0 Å². The van der Waals surface area contributed by atoms with E-state index in [0.29, 0.717) is 18.1 Å². The zero-order valence-electron chi connectivity index (χ0n) is 27.9. The van der Waals surface area contributed by atoms with E-state index in [1.807, 2.05) is 0 Å². The quantitative estimate of drug-likeness (QED) is 0.261. The maximum absolute atomic E-state index is 4.00. The van der Waals surface area contributed by atoms with Gasteiger partial charge in [-0.2, -0.15) is 0 Å². The zero-order chi connectivity index (χ0) is 30.8. The molecule has 0 aliphatic carbocycles. The predicted molar refractivity (Wildman–Crippen MR) is 180 cm³/mol. The summed E-state index contributed by atoms with van der Waals surface area (Å²) in [5, 5.41) is 4.00. The van der Waals surface area contributed by atoms with E-state index in [0.717, 1.165) is 51.9 Å². The number of benzene rings is 4. The Labute approximate surface area is 314 Å². The summed E-state index contributed by atoms with van der Waals surface area (Å²) in [5.74, 6) is 0. The third-order valence-electron chi connectivity index (χ3n) is 9.68. The van der Waals surface area contributed by atoms with Gasteiger partial charge in [-0.3, -0.25) is 0 Å². The summed E-state index contributed by atoms with van der Waals surface area (Å²) in [7, 11) is 6.98. The number of hydrogen-bond acceptors (Lipinski definition) is 4. The van der Waals surface area contributed by atoms with Gasteiger partial charge in [0.1, 0.15) is 0 Å². The molecule has 8 heteroatoms. The second-order valence-corrected chi connectivity index (χ2v) is 13.8. The number of nitrogens with one attached hydrogen (secondary N) is 1. The molecule has 1 aliphatic rings. The second-order valence-electron chi connectivity index (χ2n) is 12.5. The Morgan fingerprint density at radius 2 is 1.00 bits per heavy atom. The number of rotatable bonds is 4. The molecule has 4 atom stereocenters. The van der Waals surface area contributed by atoms with Crippen molar-refractivity contribution in [1.82, 2.24) is 20.0 Å². The fourth-order valence-corrected chi connectivity index (χ4v) is 7.47. The smallest absolute Gasteiger partial charge is 1.00 e. The van der Waals surface area contributed by atoms with Crippen LogP contribution in [0.2, 0.25) is 0 Å². The van der Waals surface area contributed by atoms with Crippen molar-refractivity contribution in [3.05, 3.63) is 144 Å². The van der Waals surface area contributed by atoms with Gasteiger partial charge in [0, 0.05) is 0 Å². The Morgan fingerprint density at radius 1 is 0.553 bits per heavy atom. The molecule has 1 aliphatic heterocycles. The Kier molecular flexibility index (Phi) is 18.3. The van der Waals surface area contributed by atoms with Crippen LogP contribution < -0.4 is 42.5 Å². The molecule has 4 aromatic carbocycles. The van der Waals surface area contributed by atoms with Crippen molar-refractivity contribution in [3.63, 3.8) is 0 Å². The largest absolute Gasteiger partial charge is 1.00 e. The van der Waals surface area contributed by atoms with Crippen LogP contribution in [-0.4, -0.2) is 62.0 Å². The summed E-state index contributed by atoms with van der Waals surface area (Å²) < 4.78 is -0.0791. The monoisotopic (exact) mass is 726 g/mol. The third-order valence-corrected chi connectivity index (χ3v) is 11.1. The molecule has 4 nitrogen and oxygen atoms in total. The van der Waals surface area contributed by atoms with Gasteiger partial charge in [0.25, 0.3) is 0 Å². The summed E-state index contributed by atoms with van der Waals surface area (Å²) in [4.78, 5) is 7.81. The van der Waals surface area contributed by atoms with Crippen molar-refractivity contribution < 1.29 is 57.7 Å². The summed E-state index contributed by atoms with van der Waals surface area (Å²) in [5.41, 5.74) is 5.57. The van der Waals surface area contributed by atoms with E-state index in [1.54, 1.807) is 0 Å². The Balaban J connectivity index is 0.00000256. The van der Waals surface area contributed by atoms with Crippen LogP contribution in [0.3, 0.4) is 0 Å². The Morgan fingerprint density at radius 3 is 1.53 bits per heavy atom. The first-order chi connectivity index (χ1) is 21.5. The first-order valence-corrected chi connectivity index (χ1v) is 17.0. The Hall–Kier alpha value is -1.70. The molecule has 0 aromatic heterocycles. The van der Waals surface area contributed by atoms with E-state index in [4.69, 9.17) is 0 Å². The average molecular weight is 728 g/mol. The van der Waals surface area contributed by atoms with E-state index < -0.39 is 0 Å². The van der Waals surface area contributed by atoms with Crippen molar-refractivity contribution >= 4 is 0 Å². The fourth-order valence-electron chi connectivity index (χ4n) is 6.86. The third kappa shape index (κ3) is 11.2. The van der Waals surface area contributed by atoms with Gasteiger partial charge in [0.05, 0.1) is 0 Å². The molecule has 1 saturated heterocycles. The van der Waals surface area contributed by atoms with Gasteiger partial charge in [-0.25, -0.2) is 0 Å². The molecule has 4 aromatic rings. The predicted octanol–water partition coefficient (Wildman–Crippen LogP) is -1.42. The molecular formula is C39H49Cl3N4Ti. The van der Waals surface area contributed by atoms with Gasteiger partial charge in [0.2, 0.25) is 0 Å². The van der Waals surface area contributed by atoms with Crippen LogP contribution in [0.25, 0.3) is 0 Å². The van der Waals surface area contributed by atoms with Crippen LogP contribution in [0.5, 0.6) is 0 Å². The maximum Gasteiger partial charge on any atom is -1.00 e. The molecule has 1 heterocycles. The first-order valence-electron chi connectivity index (χ1n) is 16.3. The fraction of sp³-hybridized carbons (Fsp3) is 0.385. The maximum atomic E-state index is 4.00. The van der Waals surface area contributed by atoms with Gasteiger partial charge in [-0.05, 0) is 0 Å². The molecule has 4 unspecified atom stereocenters. The van der Waals surface area contributed by atoms with Crippen molar-refractivity contribution in [1.29, 1.82) is 0 Å². The van der Waals surface area contributed by atoms with Gasteiger partial charge in [-0.1, -0.05) is 6.07 Å². The summed E-state index contributed by atoms with van der Waals surface area (Å²) in [6.45, 7) is 4.01. The van der Waals surface area contributed by atoms with E-state index in [2.05, 4.69) is 183 Å². The van der Waals surface area contributed by atoms with Crippen molar-refractivity contribution in [3.8, 4) is 0 Å². The van der Waals surface area contributed by atoms with E-state index >= 15 is 0 Å². The molecule has 250 valence electrons. The minimum atomic E-state index is -0.0791. The summed E-state index contributed by atoms with van der Waals surface area (Å²) in [6.07, 6.45) is 4.25. The molecule has 1 N–H and O–H groups in total. The van der Waals surface area contributed by atoms with Crippen LogP contribution in [0.15, 0.2) is 121 Å². The topological polar surface area (TPSA) is 21.8 Å². The van der Waals surface area contributed by atoms with Gasteiger partial charge in [0.15, 0.2) is 0 Å². The molecule has 0 radical (unpaired) electrons. The second kappa shape index (κ2) is 20.7. The molecule has 0 spiro atoms. The van der Waals surface area contributed by atoms with Crippen molar-refractivity contribution in [2.75, 3.05) is 47.3 Å². The van der Waals surface area contributed by atoms with Crippen LogP contribution in [0.4, 0.5) is 0 Å². The van der Waals surface area contributed by atoms with Crippen LogP contribution in [0, 0.1) is 0 Å². The molecule has 0 amide bonds. The molecule has 47 heavy (non-hydrogen) atoms. The molecule has 1 fully saturated rings. The zero-order valence-corrected chi connectivity index (χ0v) is 31.7. The van der Waals surface area contributed by atoms with E-state index in [1.165, 1.54) is 22.3 Å². The number of halogens is 3. The number of hydrogen-bond donors (Lipinski definition) is 1. The van der Waals surface area contributed by atoms with Crippen LogP contribution in [0.1, 0.15) is 66.1 Å². The van der Waals surface area contributed by atoms with Crippen molar-refractivity contribution in [2.45, 2.75) is 47.7 Å². The SMILES string of the molecule is CN1CCC(c2ccccc2)NCCC(c2ccccc2)N(C)CC[C]([Ti+3])(c2ccccc2)N(C)CCC1c1ccccc1.[Cl-].[Cl-].[Cl-]. The molecular weight excluding hydrogens is 679 g/mol. The van der Waals surface area contributed by atoms with Gasteiger partial charge >= 0.3 is 273 Å².